The molecular weight excluding hydrogens is 1100 g/mol. The lowest BCUT2D eigenvalue weighted by Crippen LogP contribution is -2.54. The summed E-state index contributed by atoms with van der Waals surface area (Å²) in [6, 6.07) is 67.0. The summed E-state index contributed by atoms with van der Waals surface area (Å²) in [5, 5.41) is 15.8. The number of nitrogens with zero attached hydrogens (tertiary/aromatic N) is 6. The van der Waals surface area contributed by atoms with E-state index in [4.69, 9.17) is 9.97 Å². The third-order valence-electron chi connectivity index (χ3n) is 14.1. The molecule has 4 aromatic heterocycles. The number of carbonyl (C=O) groups is 1. The fraction of sp³-hybridized carbons (Fsp3) is 0.113. The van der Waals surface area contributed by atoms with Crippen LogP contribution in [0.1, 0.15) is 34.1 Å². The van der Waals surface area contributed by atoms with Crippen LogP contribution in [0, 0.1) is 24.8 Å². The van der Waals surface area contributed by atoms with E-state index in [1.54, 1.807) is 0 Å². The maximum atomic E-state index is 13.2. The molecule has 398 valence electrons. The topological polar surface area (TPSA) is 127 Å². The number of thiazole rings is 2. The average molecular weight is 1140 g/mol. The van der Waals surface area contributed by atoms with Crippen LogP contribution in [0.3, 0.4) is 0 Å². The van der Waals surface area contributed by atoms with Crippen LogP contribution in [-0.4, -0.2) is 64.0 Å². The summed E-state index contributed by atoms with van der Waals surface area (Å²) >= 11 is 4.16. The highest BCUT2D eigenvalue weighted by atomic mass is 32.2. The van der Waals surface area contributed by atoms with Crippen LogP contribution in [0.4, 0.5) is 13.2 Å². The molecule has 0 saturated heterocycles. The average Bonchev–Trinajstić information content (AvgIpc) is 2.69. The van der Waals surface area contributed by atoms with E-state index in [1.807, 2.05) is 133 Å². The largest absolute Gasteiger partial charge is 0.516 e. The number of halogens is 3. The molecule has 11 aromatic rings. The van der Waals surface area contributed by atoms with Gasteiger partial charge >= 0.3 is 29.2 Å². The summed E-state index contributed by atoms with van der Waals surface area (Å²) < 4.78 is 70.8. The first-order valence-electron chi connectivity index (χ1n) is 25.9. The van der Waals surface area contributed by atoms with Crippen molar-refractivity contribution < 1.29 is 26.4 Å². The molecule has 0 unspecified atom stereocenters. The molecule has 0 aliphatic carbocycles. The zero-order valence-corrected chi connectivity index (χ0v) is 46.6. The number of benzene rings is 7. The van der Waals surface area contributed by atoms with Crippen LogP contribution in [0.15, 0.2) is 194 Å². The predicted molar refractivity (Wildman–Crippen MR) is 326 cm³/mol. The zero-order chi connectivity index (χ0) is 56.3. The Balaban J connectivity index is 1.33. The van der Waals surface area contributed by atoms with Crippen molar-refractivity contribution in [2.45, 2.75) is 31.7 Å². The Hall–Kier alpha value is -8.45. The van der Waals surface area contributed by atoms with Crippen molar-refractivity contribution >= 4 is 128 Å². The zero-order valence-electron chi connectivity index (χ0n) is 43.3. The van der Waals surface area contributed by atoms with Gasteiger partial charge in [0.15, 0.2) is 0 Å². The lowest BCUT2D eigenvalue weighted by atomic mass is 9.50. The summed E-state index contributed by atoms with van der Waals surface area (Å²) in [5.41, 5.74) is 3.50. The van der Waals surface area contributed by atoms with Gasteiger partial charge in [-0.2, -0.15) is 38.6 Å². The fourth-order valence-electron chi connectivity index (χ4n) is 10.6. The van der Waals surface area contributed by atoms with Crippen LogP contribution in [0.25, 0.3) is 58.6 Å². The highest BCUT2D eigenvalue weighted by Gasteiger charge is 2.47. The van der Waals surface area contributed by atoms with Gasteiger partial charge in [-0.05, 0) is 55.3 Å². The summed E-state index contributed by atoms with van der Waals surface area (Å²) in [6.07, 6.45) is 0.282. The molecule has 81 heavy (non-hydrogen) atoms. The van der Waals surface area contributed by atoms with Gasteiger partial charge in [-0.1, -0.05) is 192 Å². The van der Waals surface area contributed by atoms with Gasteiger partial charge in [-0.3, -0.25) is 4.79 Å². The standard InChI is InChI=1S/C62H46B2F3N7O3S4/c1-41-22-15-16-31-46(41)57-55-54(58(47(40-68)60-70-48-32-17-19-35-51(48)79-60)74(57)64(44-27-11-5-12-28-44)45-29-13-6-14-30-45)50(34-21-38-78-39-37-53(75)72-81(76,77)62(65,66)67)73(63(42-23-7-3-8-24-42)43-25-9-4-10-26-43)59(55)56(69-2)61-71-49-33-18-20-36-52(49)80-61/h3-20,22-33,35-36H,21,34,37-39H2,1H3,(H,72,75)/b58-47-,59-56+. The summed E-state index contributed by atoms with van der Waals surface area (Å²) in [7, 11) is -5.87. The van der Waals surface area contributed by atoms with E-state index in [0.29, 0.717) is 50.6 Å². The first kappa shape index (κ1) is 54.5. The Morgan fingerprint density at radius 1 is 0.667 bits per heavy atom. The molecular formula is C62H46B2F3N7O3S4. The molecule has 4 heterocycles. The van der Waals surface area contributed by atoms with Gasteiger partial charge in [0, 0.05) is 45.2 Å². The molecule has 0 bridgehead atoms. The summed E-state index contributed by atoms with van der Waals surface area (Å²) in [6.45, 7) is 10.4. The van der Waals surface area contributed by atoms with Crippen LogP contribution >= 0.6 is 34.4 Å². The number of hydrogen-bond acceptors (Lipinski definition) is 9. The Kier molecular flexibility index (Phi) is 15.7. The second-order valence-electron chi connectivity index (χ2n) is 19.1. The first-order valence-corrected chi connectivity index (χ1v) is 30.1. The van der Waals surface area contributed by atoms with Gasteiger partial charge in [-0.25, -0.2) is 19.5 Å². The van der Waals surface area contributed by atoms with Crippen molar-refractivity contribution in [1.29, 1.82) is 5.26 Å². The molecule has 7 aromatic carbocycles. The Bertz CT molecular complexity index is 4240. The second-order valence-corrected chi connectivity index (χ2v) is 24.1. The summed E-state index contributed by atoms with van der Waals surface area (Å²) in [5.74, 6) is -0.839. The number of aryl methyl sites for hydroxylation is 2. The van der Waals surface area contributed by atoms with E-state index in [9.17, 15) is 38.2 Å². The third kappa shape index (κ3) is 10.7. The predicted octanol–water partition coefficient (Wildman–Crippen LogP) is 9.77. The maximum Gasteiger partial charge on any atom is 0.516 e. The minimum absolute atomic E-state index is 0.0314. The SMILES string of the molecule is [C-]#[N+]/C(c1nc2ccccc2s1)=c1\c2c(-c3ccccc3C)n(B(c3ccccc3)c3ccccc3)/c(=C(/C#N)c3nc4ccccc4s3)c2c(CCCSCCC(=O)NS(=O)(=O)C(F)(F)F)n1B(c1ccccc1)c1ccccc1. The molecule has 19 heteroatoms. The monoisotopic (exact) mass is 1140 g/mol. The van der Waals surface area contributed by atoms with E-state index >= 15 is 0 Å². The Morgan fingerprint density at radius 2 is 1.15 bits per heavy atom. The number of nitrogens with one attached hydrogen (secondary N) is 1. The molecule has 10 nitrogen and oxygen atoms in total. The number of aromatic nitrogens is 4. The lowest BCUT2D eigenvalue weighted by molar-refractivity contribution is -0.119. The molecule has 0 fully saturated rings. The van der Waals surface area contributed by atoms with Crippen LogP contribution < -0.4 is 37.3 Å². The molecule has 0 atom stereocenters. The number of alkyl halides is 3. The van der Waals surface area contributed by atoms with Gasteiger partial charge < -0.3 is 8.96 Å². The third-order valence-corrected chi connectivity index (χ3v) is 18.3. The number of amides is 1. The number of fused-ring (bicyclic) bond motifs is 3. The highest BCUT2D eigenvalue weighted by molar-refractivity contribution is 7.99. The van der Waals surface area contributed by atoms with Gasteiger partial charge in [0.05, 0.1) is 32.4 Å². The van der Waals surface area contributed by atoms with Crippen molar-refractivity contribution in [1.82, 2.24) is 23.6 Å². The molecule has 1 amide bonds. The number of rotatable bonds is 17. The van der Waals surface area contributed by atoms with Crippen LogP contribution in [0.5, 0.6) is 0 Å². The molecule has 0 spiro atoms. The first-order chi connectivity index (χ1) is 39.4. The molecule has 0 aliphatic heterocycles. The van der Waals surface area contributed by atoms with Crippen molar-refractivity contribution in [2.75, 3.05) is 11.5 Å². The summed E-state index contributed by atoms with van der Waals surface area (Å²) in [4.78, 5) is 27.6. The molecule has 0 saturated carbocycles. The Morgan fingerprint density at radius 3 is 1.65 bits per heavy atom. The molecule has 1 N–H and O–H groups in total. The van der Waals surface area contributed by atoms with Gasteiger partial charge in [0.25, 0.3) is 0 Å². The molecule has 0 aliphatic rings. The van der Waals surface area contributed by atoms with E-state index in [1.165, 1.54) is 34.4 Å². The number of nitriles is 1. The quantitative estimate of drug-likeness (QED) is 0.0547. The van der Waals surface area contributed by atoms with Crippen molar-refractivity contribution in [3.05, 3.63) is 238 Å². The fourth-order valence-corrected chi connectivity index (χ4v) is 13.9. The van der Waals surface area contributed by atoms with Gasteiger partial charge in [-0.15, -0.1) is 22.7 Å². The van der Waals surface area contributed by atoms with Crippen LogP contribution in [-0.2, 0) is 21.2 Å². The van der Waals surface area contributed by atoms with Gasteiger partial charge in [0.1, 0.15) is 21.7 Å². The van der Waals surface area contributed by atoms with Crippen molar-refractivity contribution in [3.8, 4) is 17.3 Å². The van der Waals surface area contributed by atoms with E-state index in [0.717, 1.165) is 80.3 Å². The smallest absolute Gasteiger partial charge is 0.388 e. The maximum absolute atomic E-state index is 13.2. The molecule has 11 rings (SSSR count). The number of carbonyl (C=O) groups excluding carboxylic acids is 1. The second kappa shape index (κ2) is 23.3. The van der Waals surface area contributed by atoms with Crippen molar-refractivity contribution in [2.24, 2.45) is 0 Å². The van der Waals surface area contributed by atoms with Gasteiger partial charge in [0.2, 0.25) is 11.6 Å². The minimum Gasteiger partial charge on any atom is -0.388 e. The lowest BCUT2D eigenvalue weighted by Gasteiger charge is -2.24. The molecule has 0 radical (unpaired) electrons. The number of sulfonamides is 1. The van der Waals surface area contributed by atoms with E-state index in [2.05, 4.69) is 87.5 Å². The minimum atomic E-state index is -5.87. The Labute approximate surface area is 478 Å². The normalized spacial score (nSPS) is 12.5. The number of thioether (sulfide) groups is 1. The number of hydrogen-bond donors (Lipinski definition) is 1. The van der Waals surface area contributed by atoms with E-state index < -0.39 is 41.6 Å². The highest BCUT2D eigenvalue weighted by Crippen LogP contribution is 2.37. The van der Waals surface area contributed by atoms with E-state index in [-0.39, 0.29) is 5.75 Å². The number of para-hydroxylation sites is 2. The van der Waals surface area contributed by atoms with Crippen LogP contribution in [0.2, 0.25) is 0 Å². The van der Waals surface area contributed by atoms with Crippen molar-refractivity contribution in [3.63, 3.8) is 0 Å².